The Labute approximate surface area is 112 Å². The lowest BCUT2D eigenvalue weighted by Crippen LogP contribution is -2.45. The van der Waals surface area contributed by atoms with Gasteiger partial charge in [-0.25, -0.2) is 0 Å². The van der Waals surface area contributed by atoms with E-state index >= 15 is 0 Å². The van der Waals surface area contributed by atoms with E-state index in [1.54, 1.807) is 6.20 Å². The summed E-state index contributed by atoms with van der Waals surface area (Å²) < 4.78 is 0. The Kier molecular flexibility index (Phi) is 3.25. The van der Waals surface area contributed by atoms with E-state index in [0.717, 1.165) is 36.7 Å². The van der Waals surface area contributed by atoms with Gasteiger partial charge in [0, 0.05) is 23.6 Å². The van der Waals surface area contributed by atoms with Crippen LogP contribution in [0.4, 0.5) is 0 Å². The van der Waals surface area contributed by atoms with E-state index in [1.807, 2.05) is 29.2 Å². The molecule has 1 unspecified atom stereocenters. The second-order valence-electron chi connectivity index (χ2n) is 5.08. The highest BCUT2D eigenvalue weighted by Gasteiger charge is 2.28. The minimum Gasteiger partial charge on any atom is -0.394 e. The minimum absolute atomic E-state index is 0.0243. The van der Waals surface area contributed by atoms with Gasteiger partial charge in [0.25, 0.3) is 5.91 Å². The lowest BCUT2D eigenvalue weighted by Gasteiger charge is -2.34. The molecule has 0 radical (unpaired) electrons. The quantitative estimate of drug-likeness (QED) is 0.867. The third kappa shape index (κ3) is 2.12. The van der Waals surface area contributed by atoms with Crippen LogP contribution in [0.15, 0.2) is 30.5 Å². The molecule has 19 heavy (non-hydrogen) atoms. The van der Waals surface area contributed by atoms with Crippen molar-refractivity contribution in [1.82, 2.24) is 9.88 Å². The van der Waals surface area contributed by atoms with Crippen molar-refractivity contribution < 1.29 is 9.90 Å². The molecule has 0 spiro atoms. The van der Waals surface area contributed by atoms with Crippen LogP contribution in [0.2, 0.25) is 0 Å². The summed E-state index contributed by atoms with van der Waals surface area (Å²) in [5.74, 6) is 0.0243. The standard InChI is InChI=1S/C15H18N2O2/c18-10-11-5-3-4-8-17(11)15(19)13-9-16-14-7-2-1-6-12(13)14/h1-2,6-7,9,11,16,18H,3-5,8,10H2. The number of aromatic nitrogens is 1. The zero-order chi connectivity index (χ0) is 13.2. The smallest absolute Gasteiger partial charge is 0.256 e. The van der Waals surface area contributed by atoms with E-state index in [2.05, 4.69) is 4.98 Å². The van der Waals surface area contributed by atoms with Crippen molar-refractivity contribution in [3.63, 3.8) is 0 Å². The van der Waals surface area contributed by atoms with E-state index in [4.69, 9.17) is 0 Å². The fraction of sp³-hybridized carbons (Fsp3) is 0.400. The van der Waals surface area contributed by atoms with E-state index < -0.39 is 0 Å². The van der Waals surface area contributed by atoms with Gasteiger partial charge in [-0.2, -0.15) is 0 Å². The summed E-state index contributed by atoms with van der Waals surface area (Å²) >= 11 is 0. The Morgan fingerprint density at radius 3 is 3.05 bits per heavy atom. The molecule has 1 aromatic carbocycles. The maximum Gasteiger partial charge on any atom is 0.256 e. The summed E-state index contributed by atoms with van der Waals surface area (Å²) in [5, 5.41) is 10.4. The number of rotatable bonds is 2. The number of H-pyrrole nitrogens is 1. The summed E-state index contributed by atoms with van der Waals surface area (Å²) in [6.07, 6.45) is 4.77. The van der Waals surface area contributed by atoms with Gasteiger partial charge in [0.05, 0.1) is 18.2 Å². The van der Waals surface area contributed by atoms with Gasteiger partial charge in [-0.3, -0.25) is 4.79 Å². The molecule has 1 aliphatic rings. The highest BCUT2D eigenvalue weighted by molar-refractivity contribution is 6.06. The number of amides is 1. The predicted octanol–water partition coefficient (Wildman–Crippen LogP) is 2.15. The molecule has 2 aromatic rings. The van der Waals surface area contributed by atoms with Crippen LogP contribution < -0.4 is 0 Å². The van der Waals surface area contributed by atoms with Crippen LogP contribution in [-0.4, -0.2) is 40.1 Å². The molecule has 1 atom stereocenters. The van der Waals surface area contributed by atoms with Gasteiger partial charge in [0.2, 0.25) is 0 Å². The van der Waals surface area contributed by atoms with Crippen LogP contribution in [0, 0.1) is 0 Å². The number of benzene rings is 1. The van der Waals surface area contributed by atoms with Gasteiger partial charge in [-0.1, -0.05) is 18.2 Å². The third-order valence-corrected chi connectivity index (χ3v) is 3.92. The predicted molar refractivity (Wildman–Crippen MR) is 74.1 cm³/mol. The zero-order valence-electron chi connectivity index (χ0n) is 10.8. The average Bonchev–Trinajstić information content (AvgIpc) is 2.90. The number of aromatic amines is 1. The maximum absolute atomic E-state index is 12.6. The molecule has 1 fully saturated rings. The number of carbonyl (C=O) groups excluding carboxylic acids is 1. The second kappa shape index (κ2) is 5.05. The summed E-state index contributed by atoms with van der Waals surface area (Å²) in [6.45, 7) is 0.789. The maximum atomic E-state index is 12.6. The molecule has 4 nitrogen and oxygen atoms in total. The lowest BCUT2D eigenvalue weighted by molar-refractivity contribution is 0.0505. The summed E-state index contributed by atoms with van der Waals surface area (Å²) in [6, 6.07) is 7.77. The number of aliphatic hydroxyl groups is 1. The van der Waals surface area contributed by atoms with Gasteiger partial charge in [0.1, 0.15) is 0 Å². The molecule has 0 saturated carbocycles. The van der Waals surface area contributed by atoms with Gasteiger partial charge < -0.3 is 15.0 Å². The first kappa shape index (κ1) is 12.2. The van der Waals surface area contributed by atoms with Crippen LogP contribution in [0.5, 0.6) is 0 Å². The van der Waals surface area contributed by atoms with Crippen LogP contribution in [0.1, 0.15) is 29.6 Å². The first-order chi connectivity index (χ1) is 9.31. The van der Waals surface area contributed by atoms with Gasteiger partial charge in [0.15, 0.2) is 0 Å². The topological polar surface area (TPSA) is 56.3 Å². The number of carbonyl (C=O) groups is 1. The second-order valence-corrected chi connectivity index (χ2v) is 5.08. The molecule has 0 bridgehead atoms. The van der Waals surface area contributed by atoms with Crippen molar-refractivity contribution in [3.05, 3.63) is 36.0 Å². The molecule has 1 aromatic heterocycles. The number of likely N-dealkylation sites (tertiary alicyclic amines) is 1. The fourth-order valence-electron chi connectivity index (χ4n) is 2.86. The van der Waals surface area contributed by atoms with Crippen LogP contribution in [0.25, 0.3) is 10.9 Å². The molecule has 1 aliphatic heterocycles. The number of aliphatic hydroxyl groups excluding tert-OH is 1. The molecule has 3 rings (SSSR count). The molecule has 100 valence electrons. The Morgan fingerprint density at radius 2 is 2.21 bits per heavy atom. The van der Waals surface area contributed by atoms with Crippen LogP contribution in [-0.2, 0) is 0 Å². The molecule has 2 N–H and O–H groups in total. The van der Waals surface area contributed by atoms with Crippen molar-refractivity contribution in [2.75, 3.05) is 13.2 Å². The summed E-state index contributed by atoms with van der Waals surface area (Å²) in [5.41, 5.74) is 1.68. The van der Waals surface area contributed by atoms with Crippen molar-refractivity contribution in [2.45, 2.75) is 25.3 Å². The van der Waals surface area contributed by atoms with Crippen molar-refractivity contribution in [2.24, 2.45) is 0 Å². The van der Waals surface area contributed by atoms with Gasteiger partial charge >= 0.3 is 0 Å². The van der Waals surface area contributed by atoms with Crippen LogP contribution in [0.3, 0.4) is 0 Å². The summed E-state index contributed by atoms with van der Waals surface area (Å²) in [4.78, 5) is 17.6. The molecule has 1 saturated heterocycles. The number of hydrogen-bond acceptors (Lipinski definition) is 2. The van der Waals surface area contributed by atoms with E-state index in [1.165, 1.54) is 0 Å². The van der Waals surface area contributed by atoms with Crippen molar-refractivity contribution in [3.8, 4) is 0 Å². The Bertz CT molecular complexity index is 591. The monoisotopic (exact) mass is 258 g/mol. The van der Waals surface area contributed by atoms with Crippen molar-refractivity contribution >= 4 is 16.8 Å². The Hall–Kier alpha value is -1.81. The normalized spacial score (nSPS) is 19.8. The average molecular weight is 258 g/mol. The molecule has 4 heteroatoms. The van der Waals surface area contributed by atoms with Crippen molar-refractivity contribution in [1.29, 1.82) is 0 Å². The highest BCUT2D eigenvalue weighted by Crippen LogP contribution is 2.23. The molecular weight excluding hydrogens is 240 g/mol. The van der Waals surface area contributed by atoms with Crippen LogP contribution >= 0.6 is 0 Å². The first-order valence-corrected chi connectivity index (χ1v) is 6.79. The minimum atomic E-state index is -0.0325. The SMILES string of the molecule is O=C(c1c[nH]c2ccccc12)N1CCCCC1CO. The largest absolute Gasteiger partial charge is 0.394 e. The first-order valence-electron chi connectivity index (χ1n) is 6.79. The molecule has 1 amide bonds. The highest BCUT2D eigenvalue weighted by atomic mass is 16.3. The number of piperidine rings is 1. The Balaban J connectivity index is 1.94. The number of nitrogens with zero attached hydrogens (tertiary/aromatic N) is 1. The van der Waals surface area contributed by atoms with Gasteiger partial charge in [-0.05, 0) is 25.3 Å². The molecule has 0 aliphatic carbocycles. The van der Waals surface area contributed by atoms with E-state index in [0.29, 0.717) is 5.56 Å². The third-order valence-electron chi connectivity index (χ3n) is 3.92. The van der Waals surface area contributed by atoms with Gasteiger partial charge in [-0.15, -0.1) is 0 Å². The zero-order valence-corrected chi connectivity index (χ0v) is 10.8. The number of fused-ring (bicyclic) bond motifs is 1. The molecule has 2 heterocycles. The summed E-state index contributed by atoms with van der Waals surface area (Å²) in [7, 11) is 0. The molecular formula is C15H18N2O2. The number of nitrogens with one attached hydrogen (secondary N) is 1. The Morgan fingerprint density at radius 1 is 1.37 bits per heavy atom. The van der Waals surface area contributed by atoms with E-state index in [9.17, 15) is 9.90 Å². The van der Waals surface area contributed by atoms with E-state index in [-0.39, 0.29) is 18.6 Å². The number of para-hydroxylation sites is 1. The number of hydrogen-bond donors (Lipinski definition) is 2. The lowest BCUT2D eigenvalue weighted by atomic mass is 10.0. The fourth-order valence-corrected chi connectivity index (χ4v) is 2.86.